The van der Waals surface area contributed by atoms with Crippen LogP contribution < -0.4 is 4.74 Å². The van der Waals surface area contributed by atoms with Crippen molar-refractivity contribution in [2.45, 2.75) is 30.9 Å². The monoisotopic (exact) mass is 347 g/mol. The van der Waals surface area contributed by atoms with Crippen molar-refractivity contribution in [1.29, 1.82) is 0 Å². The van der Waals surface area contributed by atoms with Gasteiger partial charge in [-0.1, -0.05) is 48.8 Å². The van der Waals surface area contributed by atoms with Crippen molar-refractivity contribution in [3.63, 3.8) is 0 Å². The Labute approximate surface area is 152 Å². The smallest absolute Gasteiger partial charge is 0.242 e. The molecule has 0 spiro atoms. The van der Waals surface area contributed by atoms with Crippen LogP contribution in [0.3, 0.4) is 0 Å². The van der Waals surface area contributed by atoms with Crippen LogP contribution >= 0.6 is 0 Å². The third kappa shape index (κ3) is 3.76. The number of terminal acetylenes is 1. The minimum absolute atomic E-state index is 0.0301. The quantitative estimate of drug-likeness (QED) is 0.718. The molecular formula is C19H18O6. The van der Waals surface area contributed by atoms with Gasteiger partial charge >= 0.3 is 0 Å². The highest BCUT2D eigenvalue weighted by molar-refractivity contribution is 5.63. The van der Waals surface area contributed by atoms with E-state index in [9.17, 15) is 15.3 Å². The summed E-state index contributed by atoms with van der Waals surface area (Å²) in [6.45, 7) is 0. The van der Waals surface area contributed by atoms with Gasteiger partial charge in [-0.2, -0.15) is 0 Å². The van der Waals surface area contributed by atoms with Gasteiger partial charge in [0, 0.05) is 0 Å². The van der Waals surface area contributed by atoms with Crippen LogP contribution in [0, 0.1) is 12.5 Å². The van der Waals surface area contributed by atoms with E-state index in [2.05, 4.69) is 0 Å². The maximum Gasteiger partial charge on any atom is 0.242 e. The van der Waals surface area contributed by atoms with Gasteiger partial charge in [-0.15, -0.1) is 0 Å². The molecule has 0 radical (unpaired) electrons. The van der Waals surface area contributed by atoms with Crippen molar-refractivity contribution >= 4 is 0 Å². The van der Waals surface area contributed by atoms with E-state index in [0.717, 1.165) is 0 Å². The normalized spacial score (nSPS) is 31.6. The summed E-state index contributed by atoms with van der Waals surface area (Å²) < 4.78 is 54.7. The molecule has 130 valence electrons. The zero-order valence-electron chi connectivity index (χ0n) is 17.8. The summed E-state index contributed by atoms with van der Waals surface area (Å²) in [5.74, 6) is 0.179. The van der Waals surface area contributed by atoms with E-state index in [4.69, 9.17) is 27.5 Å². The predicted octanol–water partition coefficient (Wildman–Crippen LogP) is 1.10. The fourth-order valence-electron chi connectivity index (χ4n) is 2.31. The molecule has 0 unspecified atom stereocenters. The molecule has 0 aliphatic carbocycles. The largest absolute Gasteiger partial charge is 0.462 e. The lowest BCUT2D eigenvalue weighted by atomic mass is 10.0. The minimum Gasteiger partial charge on any atom is -0.462 e. The zero-order valence-corrected chi connectivity index (χ0v) is 12.8. The maximum absolute atomic E-state index is 10.1. The molecule has 1 fully saturated rings. The average molecular weight is 347 g/mol. The Bertz CT molecular complexity index is 948. The number of ether oxygens (including phenoxy) is 3. The molecule has 1 heterocycles. The number of rotatable bonds is 4. The van der Waals surface area contributed by atoms with Crippen LogP contribution in [0.4, 0.5) is 0 Å². The van der Waals surface area contributed by atoms with Gasteiger partial charge in [-0.05, 0) is 23.3 Å². The number of aliphatic hydroxyl groups is 3. The number of hydrogen-bond donors (Lipinski definition) is 3. The number of benzene rings is 2. The summed E-state index contributed by atoms with van der Waals surface area (Å²) in [5, 5.41) is 29.8. The van der Waals surface area contributed by atoms with E-state index in [0.29, 0.717) is 5.56 Å². The van der Waals surface area contributed by atoms with Gasteiger partial charge in [0.05, 0.1) is 6.85 Å². The van der Waals surface area contributed by atoms with Gasteiger partial charge in [0.2, 0.25) is 12.6 Å². The van der Waals surface area contributed by atoms with Crippen LogP contribution in [0.25, 0.3) is 11.1 Å². The van der Waals surface area contributed by atoms with E-state index in [1.54, 1.807) is 0 Å². The van der Waals surface area contributed by atoms with E-state index < -0.39 is 49.0 Å². The highest BCUT2D eigenvalue weighted by atomic mass is 16.8. The Balaban J connectivity index is 1.85. The topological polar surface area (TPSA) is 88.4 Å². The van der Waals surface area contributed by atoms with Crippen molar-refractivity contribution in [2.24, 2.45) is 0 Å². The van der Waals surface area contributed by atoms with Crippen molar-refractivity contribution < 1.29 is 36.4 Å². The molecule has 1 saturated heterocycles. The third-order valence-electron chi connectivity index (χ3n) is 3.61. The molecule has 0 saturated carbocycles. The van der Waals surface area contributed by atoms with E-state index >= 15 is 0 Å². The molecule has 1 aliphatic heterocycles. The van der Waals surface area contributed by atoms with Gasteiger partial charge < -0.3 is 24.8 Å². The molecule has 6 nitrogen and oxygen atoms in total. The first kappa shape index (κ1) is 11.9. The molecule has 1 aliphatic rings. The lowest BCUT2D eigenvalue weighted by Gasteiger charge is -2.38. The first-order chi connectivity index (χ1) is 14.2. The molecular weight excluding hydrogens is 324 g/mol. The van der Waals surface area contributed by atoms with Gasteiger partial charge in [0.1, 0.15) is 30.2 Å². The minimum atomic E-state index is -1.63. The molecule has 0 aromatic heterocycles. The van der Waals surface area contributed by atoms with Crippen LogP contribution in [-0.2, 0) is 9.47 Å². The number of aliphatic hydroxyl groups excluding tert-OH is 3. The van der Waals surface area contributed by atoms with Gasteiger partial charge in [-0.3, -0.25) is 4.74 Å². The second-order valence-corrected chi connectivity index (χ2v) is 5.22. The highest BCUT2D eigenvalue weighted by Crippen LogP contribution is 2.27. The molecule has 6 heteroatoms. The lowest BCUT2D eigenvalue weighted by molar-refractivity contribution is -0.319. The Kier molecular flexibility index (Phi) is 3.60. The molecule has 2 aromatic rings. The summed E-state index contributed by atoms with van der Waals surface area (Å²) >= 11 is 0. The Morgan fingerprint density at radius 2 is 1.56 bits per heavy atom. The predicted molar refractivity (Wildman–Crippen MR) is 89.1 cm³/mol. The second kappa shape index (κ2) is 7.55. The average Bonchev–Trinajstić information content (AvgIpc) is 2.74. The SMILES string of the molecule is [2H]c1c([2H])c([2H])c(-c2ccc(O[C@@H]3O[C@H](OC#C)[C@@H](O)[C@H](O)[C@H]3O)cc2)c([2H])c1[2H]. The van der Waals surface area contributed by atoms with Gasteiger partial charge in [0.25, 0.3) is 0 Å². The summed E-state index contributed by atoms with van der Waals surface area (Å²) in [7, 11) is 0. The van der Waals surface area contributed by atoms with Gasteiger partial charge in [-0.25, -0.2) is 0 Å². The summed E-state index contributed by atoms with van der Waals surface area (Å²) in [4.78, 5) is 0. The Morgan fingerprint density at radius 3 is 2.20 bits per heavy atom. The van der Waals surface area contributed by atoms with Crippen molar-refractivity contribution in [3.8, 4) is 29.4 Å². The van der Waals surface area contributed by atoms with Crippen molar-refractivity contribution in [2.75, 3.05) is 0 Å². The van der Waals surface area contributed by atoms with E-state index in [-0.39, 0.29) is 23.4 Å². The van der Waals surface area contributed by atoms with Crippen LogP contribution in [0.1, 0.15) is 6.85 Å². The van der Waals surface area contributed by atoms with Gasteiger partial charge in [0.15, 0.2) is 0 Å². The van der Waals surface area contributed by atoms with Crippen molar-refractivity contribution in [3.05, 3.63) is 54.5 Å². The lowest BCUT2D eigenvalue weighted by Crippen LogP contribution is -2.59. The molecule has 5 atom stereocenters. The van der Waals surface area contributed by atoms with E-state index in [1.807, 2.05) is 6.11 Å². The Hall–Kier alpha value is -2.56. The molecule has 3 N–H and O–H groups in total. The Morgan fingerprint density at radius 1 is 0.920 bits per heavy atom. The first-order valence-electron chi connectivity index (χ1n) is 9.82. The molecule has 0 bridgehead atoms. The van der Waals surface area contributed by atoms with Crippen molar-refractivity contribution in [1.82, 2.24) is 0 Å². The van der Waals surface area contributed by atoms with Crippen LogP contribution in [0.5, 0.6) is 5.75 Å². The second-order valence-electron chi connectivity index (χ2n) is 5.22. The molecule has 2 aromatic carbocycles. The summed E-state index contributed by atoms with van der Waals surface area (Å²) in [6.07, 6.45) is -0.801. The molecule has 0 amide bonds. The standard InChI is InChI=1S/C19H18O6/c1-2-23-18-16(21)15(20)17(22)19(25-18)24-14-10-8-13(9-11-14)12-6-4-3-5-7-12/h1,3-11,15-22H/t15-,16-,17+,18-,19+/m0/s1/i3D,4D,5D,6D,7D. The first-order valence-corrected chi connectivity index (χ1v) is 7.32. The van der Waals surface area contributed by atoms with Crippen LogP contribution in [0.2, 0.25) is 0 Å². The summed E-state index contributed by atoms with van der Waals surface area (Å²) in [5.41, 5.74) is 0.385. The fourth-order valence-corrected chi connectivity index (χ4v) is 2.31. The zero-order chi connectivity index (χ0) is 22.2. The van der Waals surface area contributed by atoms with E-state index in [1.165, 1.54) is 24.3 Å². The third-order valence-corrected chi connectivity index (χ3v) is 3.61. The summed E-state index contributed by atoms with van der Waals surface area (Å²) in [6, 6.07) is 3.74. The molecule has 3 rings (SSSR count). The van der Waals surface area contributed by atoms with Crippen LogP contribution in [0.15, 0.2) is 54.5 Å². The fraction of sp³-hybridized carbons (Fsp3) is 0.263. The maximum atomic E-state index is 10.1. The highest BCUT2D eigenvalue weighted by Gasteiger charge is 2.46. The number of hydrogen-bond acceptors (Lipinski definition) is 6. The molecule has 25 heavy (non-hydrogen) atoms. The van der Waals surface area contributed by atoms with Crippen LogP contribution in [-0.4, -0.2) is 46.2 Å².